The van der Waals surface area contributed by atoms with Crippen molar-refractivity contribution in [1.82, 2.24) is 15.2 Å². The molecule has 7 nitrogen and oxygen atoms in total. The summed E-state index contributed by atoms with van der Waals surface area (Å²) in [4.78, 5) is 21.2. The van der Waals surface area contributed by atoms with E-state index in [1.54, 1.807) is 16.2 Å². The molecule has 27 heavy (non-hydrogen) atoms. The molecule has 0 unspecified atom stereocenters. The van der Waals surface area contributed by atoms with Crippen LogP contribution >= 0.6 is 34.4 Å². The molecule has 1 aliphatic rings. The summed E-state index contributed by atoms with van der Waals surface area (Å²) < 4.78 is 7.26. The molecular formula is C17H19N5O2S3. The highest BCUT2D eigenvalue weighted by Crippen LogP contribution is 2.31. The number of hydrogen-bond acceptors (Lipinski definition) is 9. The lowest BCUT2D eigenvalue weighted by Gasteiger charge is -2.25. The second kappa shape index (κ2) is 8.51. The molecule has 0 aliphatic carbocycles. The first-order valence-electron chi connectivity index (χ1n) is 8.69. The number of thioether (sulfide) groups is 1. The van der Waals surface area contributed by atoms with E-state index in [0.717, 1.165) is 37.9 Å². The fourth-order valence-corrected chi connectivity index (χ4v) is 5.55. The maximum atomic E-state index is 12.7. The van der Waals surface area contributed by atoms with Crippen LogP contribution in [0, 0.1) is 0 Å². The van der Waals surface area contributed by atoms with Crippen LogP contribution in [-0.4, -0.2) is 59.7 Å². The second-order valence-electron chi connectivity index (χ2n) is 5.84. The Hall–Kier alpha value is -1.75. The topological polar surface area (TPSA) is 71.5 Å². The normalized spacial score (nSPS) is 14.6. The van der Waals surface area contributed by atoms with Crippen molar-refractivity contribution in [3.63, 3.8) is 0 Å². The zero-order valence-corrected chi connectivity index (χ0v) is 17.3. The standard InChI is InChI=1S/C17H19N5O2S3/c1-2-22(15-18-12-5-3-4-6-13(12)26-15)14(23)11-25-17-20-19-16(27-17)21-7-9-24-10-8-21/h3-6H,2,7-11H2,1H3. The molecule has 0 radical (unpaired) electrons. The smallest absolute Gasteiger partial charge is 0.239 e. The van der Waals surface area contributed by atoms with Gasteiger partial charge in [0.2, 0.25) is 11.0 Å². The third-order valence-corrected chi connectivity index (χ3v) is 7.29. The van der Waals surface area contributed by atoms with Gasteiger partial charge in [-0.05, 0) is 19.1 Å². The second-order valence-corrected chi connectivity index (χ2v) is 9.03. The Kier molecular flexibility index (Phi) is 5.86. The zero-order valence-electron chi connectivity index (χ0n) is 14.8. The van der Waals surface area contributed by atoms with Gasteiger partial charge in [0.1, 0.15) is 0 Å². The molecule has 0 saturated carbocycles. The molecule has 0 spiro atoms. The number of rotatable bonds is 6. The number of aromatic nitrogens is 3. The van der Waals surface area contributed by atoms with Gasteiger partial charge in [0, 0.05) is 19.6 Å². The van der Waals surface area contributed by atoms with Gasteiger partial charge in [-0.2, -0.15) is 0 Å². The first-order chi connectivity index (χ1) is 13.2. The minimum Gasteiger partial charge on any atom is -0.378 e. The van der Waals surface area contributed by atoms with Crippen molar-refractivity contribution in [2.75, 3.05) is 48.4 Å². The van der Waals surface area contributed by atoms with E-state index in [1.807, 2.05) is 31.2 Å². The fourth-order valence-electron chi connectivity index (χ4n) is 2.74. The Labute approximate surface area is 169 Å². The number of thiazole rings is 1. The highest BCUT2D eigenvalue weighted by Gasteiger charge is 2.20. The molecule has 0 N–H and O–H groups in total. The molecule has 1 aliphatic heterocycles. The molecule has 2 aromatic heterocycles. The number of ether oxygens (including phenoxy) is 1. The number of benzene rings is 1. The summed E-state index contributed by atoms with van der Waals surface area (Å²) in [5.41, 5.74) is 0.927. The van der Waals surface area contributed by atoms with Crippen LogP contribution in [0.4, 0.5) is 10.3 Å². The van der Waals surface area contributed by atoms with Crippen LogP contribution in [0.15, 0.2) is 28.6 Å². The Balaban J connectivity index is 1.39. The minimum absolute atomic E-state index is 0.0321. The van der Waals surface area contributed by atoms with Gasteiger partial charge in [-0.15, -0.1) is 10.2 Å². The van der Waals surface area contributed by atoms with Crippen molar-refractivity contribution in [3.05, 3.63) is 24.3 Å². The highest BCUT2D eigenvalue weighted by molar-refractivity contribution is 8.01. The molecule has 0 bridgehead atoms. The molecule has 3 heterocycles. The van der Waals surface area contributed by atoms with Crippen molar-refractivity contribution in [1.29, 1.82) is 0 Å². The first-order valence-corrected chi connectivity index (χ1v) is 11.3. The molecule has 1 amide bonds. The number of morpholine rings is 1. The summed E-state index contributed by atoms with van der Waals surface area (Å²) in [6, 6.07) is 7.94. The SMILES string of the molecule is CCN(C(=O)CSc1nnc(N2CCOCC2)s1)c1nc2ccccc2s1. The molecule has 1 saturated heterocycles. The number of para-hydroxylation sites is 1. The molecule has 1 fully saturated rings. The number of hydrogen-bond donors (Lipinski definition) is 0. The molecular weight excluding hydrogens is 402 g/mol. The van der Waals surface area contributed by atoms with E-state index < -0.39 is 0 Å². The summed E-state index contributed by atoms with van der Waals surface area (Å²) >= 11 is 4.50. The average molecular weight is 422 g/mol. The molecule has 142 valence electrons. The van der Waals surface area contributed by atoms with Gasteiger partial charge in [-0.1, -0.05) is 46.6 Å². The van der Waals surface area contributed by atoms with Gasteiger partial charge in [0.05, 0.1) is 29.2 Å². The Morgan fingerprint density at radius 3 is 2.85 bits per heavy atom. The average Bonchev–Trinajstić information content (AvgIpc) is 3.34. The number of amides is 1. The van der Waals surface area contributed by atoms with Crippen LogP contribution in [0.25, 0.3) is 10.2 Å². The lowest BCUT2D eigenvalue weighted by molar-refractivity contribution is -0.116. The lowest BCUT2D eigenvalue weighted by Crippen LogP contribution is -2.36. The number of carbonyl (C=O) groups is 1. The van der Waals surface area contributed by atoms with Crippen LogP contribution < -0.4 is 9.80 Å². The van der Waals surface area contributed by atoms with Crippen LogP contribution in [0.5, 0.6) is 0 Å². The van der Waals surface area contributed by atoms with Gasteiger partial charge in [-0.3, -0.25) is 9.69 Å². The quantitative estimate of drug-likeness (QED) is 0.566. The maximum absolute atomic E-state index is 12.7. The monoisotopic (exact) mass is 421 g/mol. The predicted molar refractivity (Wildman–Crippen MR) is 111 cm³/mol. The maximum Gasteiger partial charge on any atom is 0.239 e. The van der Waals surface area contributed by atoms with Gasteiger partial charge in [0.15, 0.2) is 9.47 Å². The van der Waals surface area contributed by atoms with Gasteiger partial charge >= 0.3 is 0 Å². The Bertz CT molecular complexity index is 889. The van der Waals surface area contributed by atoms with E-state index in [9.17, 15) is 4.79 Å². The molecule has 1 aromatic carbocycles. The molecule has 0 atom stereocenters. The van der Waals surface area contributed by atoms with Gasteiger partial charge in [-0.25, -0.2) is 4.98 Å². The number of carbonyl (C=O) groups excluding carboxylic acids is 1. The van der Waals surface area contributed by atoms with Gasteiger partial charge < -0.3 is 9.64 Å². The summed E-state index contributed by atoms with van der Waals surface area (Å²) in [6.07, 6.45) is 0. The van der Waals surface area contributed by atoms with Crippen molar-refractivity contribution in [2.45, 2.75) is 11.3 Å². The first kappa shape index (κ1) is 18.6. The number of anilines is 2. The Morgan fingerprint density at radius 2 is 2.07 bits per heavy atom. The van der Waals surface area contributed by atoms with Crippen LogP contribution in [0.1, 0.15) is 6.92 Å². The van der Waals surface area contributed by atoms with E-state index in [0.29, 0.717) is 25.5 Å². The van der Waals surface area contributed by atoms with Crippen molar-refractivity contribution in [3.8, 4) is 0 Å². The largest absolute Gasteiger partial charge is 0.378 e. The zero-order chi connectivity index (χ0) is 18.6. The van der Waals surface area contributed by atoms with Crippen molar-refractivity contribution >= 4 is 60.8 Å². The van der Waals surface area contributed by atoms with Crippen LogP contribution in [0.3, 0.4) is 0 Å². The van der Waals surface area contributed by atoms with Crippen LogP contribution in [0.2, 0.25) is 0 Å². The fraction of sp³-hybridized carbons (Fsp3) is 0.412. The summed E-state index contributed by atoms with van der Waals surface area (Å²) in [6.45, 7) is 5.66. The number of nitrogens with zero attached hydrogens (tertiary/aromatic N) is 5. The highest BCUT2D eigenvalue weighted by atomic mass is 32.2. The van der Waals surface area contributed by atoms with Crippen LogP contribution in [-0.2, 0) is 9.53 Å². The third-order valence-electron chi connectivity index (χ3n) is 4.13. The number of fused-ring (bicyclic) bond motifs is 1. The van der Waals surface area contributed by atoms with E-state index in [4.69, 9.17) is 4.74 Å². The third kappa shape index (κ3) is 4.23. The minimum atomic E-state index is 0.0321. The summed E-state index contributed by atoms with van der Waals surface area (Å²) in [5, 5.41) is 10.1. The van der Waals surface area contributed by atoms with E-state index in [2.05, 4.69) is 20.1 Å². The Morgan fingerprint density at radius 1 is 1.26 bits per heavy atom. The lowest BCUT2D eigenvalue weighted by atomic mass is 10.3. The summed E-state index contributed by atoms with van der Waals surface area (Å²) in [5.74, 6) is 0.353. The predicted octanol–water partition coefficient (Wildman–Crippen LogP) is 3.13. The van der Waals surface area contributed by atoms with Crippen molar-refractivity contribution in [2.24, 2.45) is 0 Å². The van der Waals surface area contributed by atoms with E-state index >= 15 is 0 Å². The van der Waals surface area contributed by atoms with E-state index in [-0.39, 0.29) is 5.91 Å². The van der Waals surface area contributed by atoms with Gasteiger partial charge in [0.25, 0.3) is 0 Å². The van der Waals surface area contributed by atoms with Crippen molar-refractivity contribution < 1.29 is 9.53 Å². The molecule has 10 heteroatoms. The molecule has 4 rings (SSSR count). The van der Waals surface area contributed by atoms with E-state index in [1.165, 1.54) is 23.1 Å². The molecule has 3 aromatic rings. The summed E-state index contributed by atoms with van der Waals surface area (Å²) in [7, 11) is 0.